The second kappa shape index (κ2) is 8.62. The molecule has 0 bridgehead atoms. The summed E-state index contributed by atoms with van der Waals surface area (Å²) >= 11 is 1.49. The molecule has 0 fully saturated rings. The van der Waals surface area contributed by atoms with Crippen molar-refractivity contribution in [3.63, 3.8) is 0 Å². The lowest BCUT2D eigenvalue weighted by Crippen LogP contribution is -2.28. The van der Waals surface area contributed by atoms with Crippen LogP contribution in [0.1, 0.15) is 46.0 Å². The van der Waals surface area contributed by atoms with Crippen LogP contribution >= 0.6 is 11.8 Å². The molecule has 0 aliphatic carbocycles. The molecule has 1 amide bonds. The molecule has 8 heteroatoms. The average molecular weight is 419 g/mol. The normalized spacial score (nSPS) is 12.1. The Kier molecular flexibility index (Phi) is 5.76. The van der Waals surface area contributed by atoms with Crippen LogP contribution in [0.3, 0.4) is 0 Å². The molecule has 0 aliphatic rings. The summed E-state index contributed by atoms with van der Waals surface area (Å²) in [5, 5.41) is 8.19. The minimum Gasteiger partial charge on any atom is -0.344 e. The lowest BCUT2D eigenvalue weighted by Gasteiger charge is -2.15. The number of rotatable bonds is 6. The Hall–Kier alpha value is -3.26. The Labute approximate surface area is 179 Å². The first-order valence-electron chi connectivity index (χ1n) is 9.65. The molecule has 152 valence electrons. The zero-order chi connectivity index (χ0) is 21.1. The third-order valence-electron chi connectivity index (χ3n) is 4.70. The van der Waals surface area contributed by atoms with Crippen molar-refractivity contribution in [2.24, 2.45) is 0 Å². The highest BCUT2D eigenvalue weighted by Crippen LogP contribution is 2.23. The first-order valence-corrected chi connectivity index (χ1v) is 10.6. The van der Waals surface area contributed by atoms with Crippen LogP contribution in [-0.4, -0.2) is 30.5 Å². The van der Waals surface area contributed by atoms with Crippen LogP contribution in [0.4, 0.5) is 0 Å². The Bertz CT molecular complexity index is 1190. The number of hydrogen-bond donors (Lipinski definition) is 1. The third-order valence-corrected chi connectivity index (χ3v) is 5.58. The number of hydrogen-bond acceptors (Lipinski definition) is 6. The zero-order valence-corrected chi connectivity index (χ0v) is 17.8. The summed E-state index contributed by atoms with van der Waals surface area (Å²) in [6.07, 6.45) is 1.72. The number of pyridine rings is 1. The van der Waals surface area contributed by atoms with Crippen LogP contribution < -0.4 is 5.32 Å². The van der Waals surface area contributed by atoms with E-state index in [0.717, 1.165) is 22.6 Å². The van der Waals surface area contributed by atoms with Gasteiger partial charge in [-0.1, -0.05) is 36.0 Å². The molecule has 7 nitrogen and oxygen atoms in total. The fourth-order valence-electron chi connectivity index (χ4n) is 3.20. The number of thioether (sulfide) groups is 1. The SMILES string of the molecule is Cc1cc(C)n2nc(SCc3ccccc3C(=O)NC(C)c3ccccn3)nc2n1. The van der Waals surface area contributed by atoms with Crippen LogP contribution in [0.2, 0.25) is 0 Å². The van der Waals surface area contributed by atoms with E-state index in [1.54, 1.807) is 10.7 Å². The van der Waals surface area contributed by atoms with Gasteiger partial charge < -0.3 is 5.32 Å². The van der Waals surface area contributed by atoms with E-state index in [-0.39, 0.29) is 11.9 Å². The Morgan fingerprint density at radius 3 is 2.73 bits per heavy atom. The van der Waals surface area contributed by atoms with Crippen molar-refractivity contribution in [3.8, 4) is 0 Å². The van der Waals surface area contributed by atoms with Gasteiger partial charge in [0, 0.05) is 28.9 Å². The van der Waals surface area contributed by atoms with E-state index >= 15 is 0 Å². The third kappa shape index (κ3) is 4.33. The number of aryl methyl sites for hydroxylation is 2. The number of carbonyl (C=O) groups is 1. The molecule has 1 unspecified atom stereocenters. The lowest BCUT2D eigenvalue weighted by atomic mass is 10.1. The van der Waals surface area contributed by atoms with Crippen LogP contribution in [-0.2, 0) is 5.75 Å². The van der Waals surface area contributed by atoms with Gasteiger partial charge in [-0.2, -0.15) is 4.98 Å². The maximum Gasteiger partial charge on any atom is 0.253 e. The van der Waals surface area contributed by atoms with Crippen molar-refractivity contribution in [1.82, 2.24) is 29.9 Å². The van der Waals surface area contributed by atoms with E-state index in [4.69, 9.17) is 0 Å². The molecule has 1 aromatic carbocycles. The molecular weight excluding hydrogens is 396 g/mol. The Balaban J connectivity index is 1.49. The van der Waals surface area contributed by atoms with Gasteiger partial charge in [0.05, 0.1) is 11.7 Å². The monoisotopic (exact) mass is 418 g/mol. The van der Waals surface area contributed by atoms with Gasteiger partial charge >= 0.3 is 0 Å². The number of benzene rings is 1. The van der Waals surface area contributed by atoms with Crippen molar-refractivity contribution in [2.75, 3.05) is 0 Å². The molecule has 3 heterocycles. The largest absolute Gasteiger partial charge is 0.344 e. The lowest BCUT2D eigenvalue weighted by molar-refractivity contribution is 0.0938. The number of aromatic nitrogens is 5. The number of nitrogens with one attached hydrogen (secondary N) is 1. The molecule has 0 spiro atoms. The molecule has 4 aromatic rings. The second-order valence-corrected chi connectivity index (χ2v) is 7.98. The molecule has 0 saturated heterocycles. The standard InChI is InChI=1S/C22H22N6OS/c1-14-12-15(2)28-21(24-14)26-22(27-28)30-13-17-8-4-5-9-18(17)20(29)25-16(3)19-10-6-7-11-23-19/h4-12,16H,13H2,1-3H3,(H,25,29). The summed E-state index contributed by atoms with van der Waals surface area (Å²) < 4.78 is 1.74. The first kappa shape index (κ1) is 20.0. The van der Waals surface area contributed by atoms with Gasteiger partial charge in [-0.3, -0.25) is 9.78 Å². The van der Waals surface area contributed by atoms with Gasteiger partial charge in [0.2, 0.25) is 5.16 Å². The highest BCUT2D eigenvalue weighted by Gasteiger charge is 2.16. The van der Waals surface area contributed by atoms with Gasteiger partial charge in [0.1, 0.15) is 0 Å². The van der Waals surface area contributed by atoms with Gasteiger partial charge in [-0.05, 0) is 50.6 Å². The quantitative estimate of drug-likeness (QED) is 0.478. The zero-order valence-electron chi connectivity index (χ0n) is 17.0. The van der Waals surface area contributed by atoms with E-state index in [1.807, 2.05) is 69.3 Å². The second-order valence-electron chi connectivity index (χ2n) is 7.04. The fraction of sp³-hybridized carbons (Fsp3) is 0.227. The molecule has 0 radical (unpaired) electrons. The van der Waals surface area contributed by atoms with Crippen LogP contribution in [0, 0.1) is 13.8 Å². The Morgan fingerprint density at radius 2 is 1.93 bits per heavy atom. The van der Waals surface area contributed by atoms with Gasteiger partial charge in [-0.15, -0.1) is 5.10 Å². The molecular formula is C22H22N6OS. The highest BCUT2D eigenvalue weighted by molar-refractivity contribution is 7.98. The molecule has 0 aliphatic heterocycles. The van der Waals surface area contributed by atoms with Gasteiger partial charge in [0.15, 0.2) is 0 Å². The van der Waals surface area contributed by atoms with Crippen molar-refractivity contribution in [1.29, 1.82) is 0 Å². The van der Waals surface area contributed by atoms with E-state index in [2.05, 4.69) is 25.4 Å². The average Bonchev–Trinajstić information content (AvgIpc) is 3.16. The summed E-state index contributed by atoms with van der Waals surface area (Å²) in [6.45, 7) is 5.85. The number of nitrogens with zero attached hydrogens (tertiary/aromatic N) is 5. The predicted octanol–water partition coefficient (Wildman–Crippen LogP) is 3.92. The summed E-state index contributed by atoms with van der Waals surface area (Å²) in [7, 11) is 0. The van der Waals surface area contributed by atoms with Crippen molar-refractivity contribution in [3.05, 3.63) is 82.9 Å². The summed E-state index contributed by atoms with van der Waals surface area (Å²) in [5.74, 6) is 1.04. The van der Waals surface area contributed by atoms with Crippen LogP contribution in [0.25, 0.3) is 5.78 Å². The van der Waals surface area contributed by atoms with E-state index in [9.17, 15) is 4.79 Å². The minimum atomic E-state index is -0.184. The van der Waals surface area contributed by atoms with Gasteiger partial charge in [0.25, 0.3) is 11.7 Å². The van der Waals surface area contributed by atoms with Crippen LogP contribution in [0.15, 0.2) is 59.9 Å². The van der Waals surface area contributed by atoms with Crippen molar-refractivity contribution in [2.45, 2.75) is 37.7 Å². The maximum absolute atomic E-state index is 12.9. The van der Waals surface area contributed by atoms with Gasteiger partial charge in [-0.25, -0.2) is 9.50 Å². The number of carbonyl (C=O) groups excluding carboxylic acids is 1. The number of fused-ring (bicyclic) bond motifs is 1. The number of amides is 1. The van der Waals surface area contributed by atoms with E-state index in [0.29, 0.717) is 22.3 Å². The van der Waals surface area contributed by atoms with E-state index < -0.39 is 0 Å². The molecule has 1 N–H and O–H groups in total. The smallest absolute Gasteiger partial charge is 0.253 e. The Morgan fingerprint density at radius 1 is 1.13 bits per heavy atom. The fourth-order valence-corrected chi connectivity index (χ4v) is 4.02. The maximum atomic E-state index is 12.9. The molecule has 30 heavy (non-hydrogen) atoms. The van der Waals surface area contributed by atoms with Crippen molar-refractivity contribution >= 4 is 23.4 Å². The minimum absolute atomic E-state index is 0.125. The summed E-state index contributed by atoms with van der Waals surface area (Å²) in [4.78, 5) is 26.1. The first-order chi connectivity index (χ1) is 14.5. The predicted molar refractivity (Wildman–Crippen MR) is 116 cm³/mol. The topological polar surface area (TPSA) is 85.1 Å². The summed E-state index contributed by atoms with van der Waals surface area (Å²) in [5.41, 5.74) is 4.28. The highest BCUT2D eigenvalue weighted by atomic mass is 32.2. The van der Waals surface area contributed by atoms with E-state index in [1.165, 1.54) is 11.8 Å². The molecule has 0 saturated carbocycles. The van der Waals surface area contributed by atoms with Crippen molar-refractivity contribution < 1.29 is 4.79 Å². The molecule has 4 rings (SSSR count). The summed E-state index contributed by atoms with van der Waals surface area (Å²) in [6, 6.07) is 15.1. The molecule has 1 atom stereocenters. The molecule has 3 aromatic heterocycles. The van der Waals surface area contributed by atoms with Crippen LogP contribution in [0.5, 0.6) is 0 Å².